The third kappa shape index (κ3) is 3.00. The molecule has 0 spiro atoms. The Bertz CT molecular complexity index is 543. The maximum Gasteiger partial charge on any atom is 0.138 e. The number of rotatable bonds is 7. The summed E-state index contributed by atoms with van der Waals surface area (Å²) in [6, 6.07) is 10.7. The lowest BCUT2D eigenvalue weighted by Gasteiger charge is -2.38. The summed E-state index contributed by atoms with van der Waals surface area (Å²) in [5, 5.41) is 4.24. The molecular formula is C17H26N4. The molecule has 1 heterocycles. The van der Waals surface area contributed by atoms with Gasteiger partial charge in [-0.15, -0.1) is 0 Å². The van der Waals surface area contributed by atoms with Gasteiger partial charge >= 0.3 is 0 Å². The van der Waals surface area contributed by atoms with Crippen molar-refractivity contribution < 1.29 is 0 Å². The zero-order valence-corrected chi connectivity index (χ0v) is 13.3. The molecule has 0 saturated heterocycles. The van der Waals surface area contributed by atoms with Crippen LogP contribution in [-0.4, -0.2) is 20.8 Å². The molecule has 2 aromatic rings. The van der Waals surface area contributed by atoms with Gasteiger partial charge < -0.3 is 5.73 Å². The van der Waals surface area contributed by atoms with E-state index in [0.29, 0.717) is 0 Å². The van der Waals surface area contributed by atoms with E-state index in [4.69, 9.17) is 5.73 Å². The van der Waals surface area contributed by atoms with E-state index in [2.05, 4.69) is 61.2 Å². The molecule has 0 amide bonds. The number of hydrogen-bond acceptors (Lipinski definition) is 3. The lowest BCUT2D eigenvalue weighted by atomic mass is 9.69. The van der Waals surface area contributed by atoms with Crippen molar-refractivity contribution in [1.82, 2.24) is 14.8 Å². The van der Waals surface area contributed by atoms with Crippen LogP contribution in [0.15, 0.2) is 36.7 Å². The van der Waals surface area contributed by atoms with Crippen molar-refractivity contribution in [2.75, 3.05) is 0 Å². The molecule has 1 aromatic carbocycles. The molecule has 4 nitrogen and oxygen atoms in total. The van der Waals surface area contributed by atoms with Crippen LogP contribution in [0.3, 0.4) is 0 Å². The van der Waals surface area contributed by atoms with Gasteiger partial charge in [-0.05, 0) is 25.3 Å². The molecule has 1 atom stereocenters. The van der Waals surface area contributed by atoms with Crippen LogP contribution in [0.2, 0.25) is 0 Å². The molecule has 1 unspecified atom stereocenters. The minimum absolute atomic E-state index is 0.00815. The van der Waals surface area contributed by atoms with Crippen LogP contribution < -0.4 is 5.73 Å². The summed E-state index contributed by atoms with van der Waals surface area (Å²) >= 11 is 0. The lowest BCUT2D eigenvalue weighted by molar-refractivity contribution is 0.309. The fourth-order valence-corrected chi connectivity index (χ4v) is 3.27. The standard InChI is InChI=1S/C17H26N4/c1-4-17(5-2,14-10-8-7-9-11-14)15(18)12-16-19-13-20-21(16)6-3/h7-11,13,15H,4-6,12,18H2,1-3H3. The van der Waals surface area contributed by atoms with Gasteiger partial charge in [-0.2, -0.15) is 5.10 Å². The van der Waals surface area contributed by atoms with E-state index in [9.17, 15) is 0 Å². The SMILES string of the molecule is CCn1ncnc1CC(N)C(CC)(CC)c1ccccc1. The number of hydrogen-bond donors (Lipinski definition) is 1. The Morgan fingerprint density at radius 3 is 2.38 bits per heavy atom. The van der Waals surface area contributed by atoms with E-state index in [0.717, 1.165) is 31.6 Å². The molecule has 4 heteroatoms. The highest BCUT2D eigenvalue weighted by molar-refractivity contribution is 5.28. The van der Waals surface area contributed by atoms with Crippen LogP contribution in [0, 0.1) is 0 Å². The zero-order valence-electron chi connectivity index (χ0n) is 13.3. The first-order valence-electron chi connectivity index (χ1n) is 7.85. The summed E-state index contributed by atoms with van der Waals surface area (Å²) in [5.41, 5.74) is 7.96. The van der Waals surface area contributed by atoms with Gasteiger partial charge in [0.2, 0.25) is 0 Å². The van der Waals surface area contributed by atoms with Gasteiger partial charge in [0.05, 0.1) is 0 Å². The van der Waals surface area contributed by atoms with Gasteiger partial charge in [-0.25, -0.2) is 4.98 Å². The van der Waals surface area contributed by atoms with Crippen molar-refractivity contribution in [3.63, 3.8) is 0 Å². The first-order valence-corrected chi connectivity index (χ1v) is 7.85. The topological polar surface area (TPSA) is 56.7 Å². The Kier molecular flexibility index (Phi) is 5.12. The molecule has 114 valence electrons. The number of aromatic nitrogens is 3. The number of nitrogens with zero attached hydrogens (tertiary/aromatic N) is 3. The second-order valence-electron chi connectivity index (χ2n) is 5.53. The summed E-state index contributed by atoms with van der Waals surface area (Å²) in [5.74, 6) is 0.979. The van der Waals surface area contributed by atoms with Crippen LogP contribution in [0.4, 0.5) is 0 Å². The second-order valence-corrected chi connectivity index (χ2v) is 5.53. The number of nitrogens with two attached hydrogens (primary N) is 1. The molecule has 2 rings (SSSR count). The summed E-state index contributed by atoms with van der Waals surface area (Å²) in [7, 11) is 0. The van der Waals surface area contributed by atoms with E-state index in [1.54, 1.807) is 6.33 Å². The summed E-state index contributed by atoms with van der Waals surface area (Å²) < 4.78 is 1.93. The zero-order chi connectivity index (χ0) is 15.3. The molecular weight excluding hydrogens is 260 g/mol. The summed E-state index contributed by atoms with van der Waals surface area (Å²) in [6.07, 6.45) is 4.42. The molecule has 1 aromatic heterocycles. The minimum Gasteiger partial charge on any atom is -0.326 e. The first kappa shape index (κ1) is 15.7. The van der Waals surface area contributed by atoms with E-state index < -0.39 is 0 Å². The number of benzene rings is 1. The monoisotopic (exact) mass is 286 g/mol. The molecule has 0 fully saturated rings. The fourth-order valence-electron chi connectivity index (χ4n) is 3.27. The second kappa shape index (κ2) is 6.85. The van der Waals surface area contributed by atoms with Gasteiger partial charge in [0.15, 0.2) is 0 Å². The molecule has 21 heavy (non-hydrogen) atoms. The van der Waals surface area contributed by atoms with Crippen molar-refractivity contribution in [2.24, 2.45) is 5.73 Å². The highest BCUT2D eigenvalue weighted by Crippen LogP contribution is 2.35. The highest BCUT2D eigenvalue weighted by Gasteiger charge is 2.35. The Morgan fingerprint density at radius 2 is 1.81 bits per heavy atom. The Labute approximate surface area is 127 Å². The maximum absolute atomic E-state index is 6.64. The predicted molar refractivity (Wildman–Crippen MR) is 86.1 cm³/mol. The third-order valence-electron chi connectivity index (χ3n) is 4.72. The average molecular weight is 286 g/mol. The normalized spacial score (nSPS) is 13.3. The molecule has 0 aliphatic carbocycles. The van der Waals surface area contributed by atoms with E-state index in [1.807, 2.05) is 4.68 Å². The number of aryl methyl sites for hydroxylation is 1. The third-order valence-corrected chi connectivity index (χ3v) is 4.72. The van der Waals surface area contributed by atoms with Crippen LogP contribution in [0.1, 0.15) is 45.0 Å². The van der Waals surface area contributed by atoms with Gasteiger partial charge in [0.1, 0.15) is 12.2 Å². The largest absolute Gasteiger partial charge is 0.326 e. The average Bonchev–Trinajstić information content (AvgIpc) is 2.97. The van der Waals surface area contributed by atoms with Crippen molar-refractivity contribution in [3.05, 3.63) is 48.0 Å². The fraction of sp³-hybridized carbons (Fsp3) is 0.529. The van der Waals surface area contributed by atoms with Crippen LogP contribution >= 0.6 is 0 Å². The lowest BCUT2D eigenvalue weighted by Crippen LogP contribution is -2.46. The van der Waals surface area contributed by atoms with Crippen molar-refractivity contribution in [2.45, 2.75) is 58.0 Å². The Hall–Kier alpha value is -1.68. The van der Waals surface area contributed by atoms with Gasteiger partial charge in [0.25, 0.3) is 0 Å². The smallest absolute Gasteiger partial charge is 0.138 e. The summed E-state index contributed by atoms with van der Waals surface area (Å²) in [6.45, 7) is 7.36. The molecule has 0 aliphatic rings. The van der Waals surface area contributed by atoms with E-state index in [1.165, 1.54) is 5.56 Å². The van der Waals surface area contributed by atoms with E-state index in [-0.39, 0.29) is 11.5 Å². The molecule has 2 N–H and O–H groups in total. The van der Waals surface area contributed by atoms with Crippen LogP contribution in [0.5, 0.6) is 0 Å². The molecule has 0 saturated carbocycles. The van der Waals surface area contributed by atoms with Crippen LogP contribution in [-0.2, 0) is 18.4 Å². The minimum atomic E-state index is -0.00815. The quantitative estimate of drug-likeness (QED) is 0.851. The highest BCUT2D eigenvalue weighted by atomic mass is 15.3. The van der Waals surface area contributed by atoms with Crippen LogP contribution in [0.25, 0.3) is 0 Å². The van der Waals surface area contributed by atoms with E-state index >= 15 is 0 Å². The van der Waals surface area contributed by atoms with Crippen molar-refractivity contribution >= 4 is 0 Å². The summed E-state index contributed by atoms with van der Waals surface area (Å²) in [4.78, 5) is 4.37. The molecule has 0 bridgehead atoms. The molecule has 0 radical (unpaired) electrons. The van der Waals surface area contributed by atoms with Gasteiger partial charge in [-0.1, -0.05) is 44.2 Å². The van der Waals surface area contributed by atoms with Gasteiger partial charge in [0, 0.05) is 24.4 Å². The predicted octanol–water partition coefficient (Wildman–Crippen LogP) is 2.93. The Balaban J connectivity index is 2.30. The Morgan fingerprint density at radius 1 is 1.14 bits per heavy atom. The van der Waals surface area contributed by atoms with Crippen molar-refractivity contribution in [3.8, 4) is 0 Å². The molecule has 0 aliphatic heterocycles. The van der Waals surface area contributed by atoms with Gasteiger partial charge in [-0.3, -0.25) is 4.68 Å². The first-order chi connectivity index (χ1) is 10.2. The maximum atomic E-state index is 6.64. The van der Waals surface area contributed by atoms with Crippen molar-refractivity contribution in [1.29, 1.82) is 0 Å².